The van der Waals surface area contributed by atoms with E-state index in [1.165, 1.54) is 6.92 Å². The number of nitrogens with zero attached hydrogens (tertiary/aromatic N) is 1. The summed E-state index contributed by atoms with van der Waals surface area (Å²) in [6.07, 6.45) is 2.67. The Balaban J connectivity index is 1.65. The topological polar surface area (TPSA) is 65.2 Å². The summed E-state index contributed by atoms with van der Waals surface area (Å²) in [5.41, 5.74) is 4.12. The van der Waals surface area contributed by atoms with Gasteiger partial charge in [-0.3, -0.25) is 9.59 Å². The van der Waals surface area contributed by atoms with Crippen LogP contribution in [-0.4, -0.2) is 34.8 Å². The van der Waals surface area contributed by atoms with E-state index in [0.29, 0.717) is 18.9 Å². The van der Waals surface area contributed by atoms with Crippen molar-refractivity contribution in [2.75, 3.05) is 18.4 Å². The predicted octanol–water partition coefficient (Wildman–Crippen LogP) is 4.32. The number of carbonyl (C=O) groups is 2. The van der Waals surface area contributed by atoms with Gasteiger partial charge in [-0.1, -0.05) is 50.2 Å². The summed E-state index contributed by atoms with van der Waals surface area (Å²) in [5.74, 6) is 0.0247. The molecule has 0 spiro atoms. The summed E-state index contributed by atoms with van der Waals surface area (Å²) in [4.78, 5) is 29.5. The molecule has 1 aromatic heterocycles. The molecule has 0 unspecified atom stereocenters. The molecule has 2 amide bonds. The highest BCUT2D eigenvalue weighted by Crippen LogP contribution is 2.23. The molecule has 0 aliphatic heterocycles. The van der Waals surface area contributed by atoms with Gasteiger partial charge in [0.25, 0.3) is 0 Å². The number of nitrogens with one attached hydrogen (secondary N) is 2. The Morgan fingerprint density at radius 1 is 1.07 bits per heavy atom. The second kappa shape index (κ2) is 8.74. The zero-order valence-electron chi connectivity index (χ0n) is 16.7. The van der Waals surface area contributed by atoms with Gasteiger partial charge in [-0.25, -0.2) is 0 Å². The molecule has 146 valence electrons. The number of rotatable bonds is 7. The SMILES string of the molecule is CC(=O)N(CCc1c[nH]c2ccccc12)CC(=O)Nc1ccccc1C(C)C. The van der Waals surface area contributed by atoms with Gasteiger partial charge in [0.1, 0.15) is 0 Å². The first-order chi connectivity index (χ1) is 13.5. The Morgan fingerprint density at radius 2 is 1.79 bits per heavy atom. The number of aromatic amines is 1. The largest absolute Gasteiger partial charge is 0.361 e. The Bertz CT molecular complexity index is 975. The molecule has 3 aromatic rings. The highest BCUT2D eigenvalue weighted by molar-refractivity contribution is 5.95. The summed E-state index contributed by atoms with van der Waals surface area (Å²) in [5, 5.41) is 4.12. The van der Waals surface area contributed by atoms with Crippen LogP contribution < -0.4 is 5.32 Å². The third-order valence-corrected chi connectivity index (χ3v) is 4.96. The van der Waals surface area contributed by atoms with E-state index in [9.17, 15) is 9.59 Å². The zero-order chi connectivity index (χ0) is 20.1. The molecule has 5 nitrogen and oxygen atoms in total. The van der Waals surface area contributed by atoms with Crippen molar-refractivity contribution in [2.24, 2.45) is 0 Å². The number of fused-ring (bicyclic) bond motifs is 1. The molecule has 0 atom stereocenters. The first-order valence-corrected chi connectivity index (χ1v) is 9.65. The molecule has 0 saturated carbocycles. The number of para-hydroxylation sites is 2. The van der Waals surface area contributed by atoms with E-state index in [4.69, 9.17) is 0 Å². The molecular formula is C23H27N3O2. The maximum absolute atomic E-state index is 12.6. The molecule has 0 radical (unpaired) electrons. The number of aromatic nitrogens is 1. The normalized spacial score (nSPS) is 11.0. The Kier molecular flexibility index (Phi) is 6.14. The second-order valence-corrected chi connectivity index (χ2v) is 7.34. The van der Waals surface area contributed by atoms with Gasteiger partial charge >= 0.3 is 0 Å². The van der Waals surface area contributed by atoms with Crippen molar-refractivity contribution in [3.8, 4) is 0 Å². The fourth-order valence-electron chi connectivity index (χ4n) is 3.42. The lowest BCUT2D eigenvalue weighted by Gasteiger charge is -2.21. The number of hydrogen-bond acceptors (Lipinski definition) is 2. The fourth-order valence-corrected chi connectivity index (χ4v) is 3.42. The fraction of sp³-hybridized carbons (Fsp3) is 0.304. The van der Waals surface area contributed by atoms with Crippen molar-refractivity contribution < 1.29 is 9.59 Å². The lowest BCUT2D eigenvalue weighted by Crippen LogP contribution is -2.38. The van der Waals surface area contributed by atoms with E-state index in [-0.39, 0.29) is 18.4 Å². The Labute approximate surface area is 165 Å². The number of anilines is 1. The summed E-state index contributed by atoms with van der Waals surface area (Å²) < 4.78 is 0. The van der Waals surface area contributed by atoms with Crippen LogP contribution in [0.2, 0.25) is 0 Å². The summed E-state index contributed by atoms with van der Waals surface area (Å²) in [7, 11) is 0. The molecule has 1 heterocycles. The third kappa shape index (κ3) is 4.60. The van der Waals surface area contributed by atoms with E-state index in [1.807, 2.05) is 48.7 Å². The van der Waals surface area contributed by atoms with E-state index in [2.05, 4.69) is 30.2 Å². The minimum absolute atomic E-state index is 0.0458. The van der Waals surface area contributed by atoms with Crippen molar-refractivity contribution in [2.45, 2.75) is 33.1 Å². The minimum atomic E-state index is -0.178. The quantitative estimate of drug-likeness (QED) is 0.644. The zero-order valence-corrected chi connectivity index (χ0v) is 16.7. The molecule has 2 N–H and O–H groups in total. The van der Waals surface area contributed by atoms with Crippen LogP contribution in [0.5, 0.6) is 0 Å². The molecule has 3 rings (SSSR count). The van der Waals surface area contributed by atoms with Crippen LogP contribution in [0.1, 0.15) is 37.8 Å². The number of hydrogen-bond donors (Lipinski definition) is 2. The highest BCUT2D eigenvalue weighted by Gasteiger charge is 2.16. The van der Waals surface area contributed by atoms with Crippen LogP contribution in [0.4, 0.5) is 5.69 Å². The van der Waals surface area contributed by atoms with Gasteiger partial charge in [0, 0.05) is 36.3 Å². The van der Waals surface area contributed by atoms with Crippen LogP contribution in [0.25, 0.3) is 10.9 Å². The third-order valence-electron chi connectivity index (χ3n) is 4.96. The summed E-state index contributed by atoms with van der Waals surface area (Å²) in [6, 6.07) is 15.9. The van der Waals surface area contributed by atoms with Gasteiger partial charge in [0.2, 0.25) is 11.8 Å². The van der Waals surface area contributed by atoms with Crippen molar-refractivity contribution >= 4 is 28.4 Å². The van der Waals surface area contributed by atoms with Crippen molar-refractivity contribution in [3.63, 3.8) is 0 Å². The first-order valence-electron chi connectivity index (χ1n) is 9.65. The van der Waals surface area contributed by atoms with Crippen LogP contribution in [0.3, 0.4) is 0 Å². The van der Waals surface area contributed by atoms with Gasteiger partial charge in [-0.2, -0.15) is 0 Å². The van der Waals surface area contributed by atoms with Crippen LogP contribution >= 0.6 is 0 Å². The van der Waals surface area contributed by atoms with E-state index in [0.717, 1.165) is 27.7 Å². The van der Waals surface area contributed by atoms with Crippen LogP contribution in [0, 0.1) is 0 Å². The first kappa shape index (κ1) is 19.7. The molecule has 0 fully saturated rings. The van der Waals surface area contributed by atoms with Crippen molar-refractivity contribution in [3.05, 3.63) is 65.9 Å². The molecule has 0 aliphatic rings. The summed E-state index contributed by atoms with van der Waals surface area (Å²) >= 11 is 0. The van der Waals surface area contributed by atoms with Crippen molar-refractivity contribution in [1.82, 2.24) is 9.88 Å². The van der Waals surface area contributed by atoms with Crippen molar-refractivity contribution in [1.29, 1.82) is 0 Å². The van der Waals surface area contributed by atoms with Gasteiger partial charge in [0.05, 0.1) is 6.54 Å². The van der Waals surface area contributed by atoms with Gasteiger partial charge in [-0.05, 0) is 35.6 Å². The van der Waals surface area contributed by atoms with Crippen LogP contribution in [0.15, 0.2) is 54.7 Å². The molecule has 5 heteroatoms. The average molecular weight is 377 g/mol. The molecule has 0 saturated heterocycles. The standard InChI is InChI=1S/C23H27N3O2/c1-16(2)19-8-4-7-11-22(19)25-23(28)15-26(17(3)27)13-12-18-14-24-21-10-6-5-9-20(18)21/h4-11,14,16,24H,12-13,15H2,1-3H3,(H,25,28). The number of amides is 2. The van der Waals surface area contributed by atoms with Crippen LogP contribution in [-0.2, 0) is 16.0 Å². The highest BCUT2D eigenvalue weighted by atomic mass is 16.2. The number of H-pyrrole nitrogens is 1. The Hall–Kier alpha value is -3.08. The predicted molar refractivity (Wildman–Crippen MR) is 113 cm³/mol. The second-order valence-electron chi connectivity index (χ2n) is 7.34. The maximum Gasteiger partial charge on any atom is 0.244 e. The molecule has 2 aromatic carbocycles. The Morgan fingerprint density at radius 3 is 2.54 bits per heavy atom. The lowest BCUT2D eigenvalue weighted by atomic mass is 10.0. The smallest absolute Gasteiger partial charge is 0.244 e. The van der Waals surface area contributed by atoms with E-state index < -0.39 is 0 Å². The number of benzene rings is 2. The summed E-state index contributed by atoms with van der Waals surface area (Å²) in [6.45, 7) is 6.23. The average Bonchev–Trinajstić information content (AvgIpc) is 3.08. The maximum atomic E-state index is 12.6. The van der Waals surface area contributed by atoms with E-state index >= 15 is 0 Å². The van der Waals surface area contributed by atoms with Gasteiger partial charge in [0.15, 0.2) is 0 Å². The van der Waals surface area contributed by atoms with E-state index in [1.54, 1.807) is 4.90 Å². The minimum Gasteiger partial charge on any atom is -0.361 e. The monoisotopic (exact) mass is 377 g/mol. The molecular weight excluding hydrogens is 350 g/mol. The number of carbonyl (C=O) groups excluding carboxylic acids is 2. The molecule has 28 heavy (non-hydrogen) atoms. The molecule has 0 aliphatic carbocycles. The van der Waals surface area contributed by atoms with Gasteiger partial charge in [-0.15, -0.1) is 0 Å². The lowest BCUT2D eigenvalue weighted by molar-refractivity contribution is -0.132. The molecule has 0 bridgehead atoms. The van der Waals surface area contributed by atoms with Gasteiger partial charge < -0.3 is 15.2 Å².